The topological polar surface area (TPSA) is 78.9 Å². The highest BCUT2D eigenvalue weighted by molar-refractivity contribution is 5.94. The number of hydrogen-bond donors (Lipinski definition) is 2. The SMILES string of the molecule is FC(F)(F)c1ccccc1Nc1cc(-c2nc(N3CCNCC3)c3c(C4CC4)cncc3n2)ccn1. The van der Waals surface area contributed by atoms with E-state index in [0.717, 1.165) is 61.8 Å². The smallest absolute Gasteiger partial charge is 0.353 e. The van der Waals surface area contributed by atoms with E-state index in [2.05, 4.69) is 25.5 Å². The van der Waals surface area contributed by atoms with Crippen molar-refractivity contribution >= 4 is 28.2 Å². The molecule has 0 radical (unpaired) electrons. The molecule has 4 heterocycles. The molecule has 0 amide bonds. The maximum absolute atomic E-state index is 13.5. The van der Waals surface area contributed by atoms with Gasteiger partial charge in [0.2, 0.25) is 0 Å². The minimum Gasteiger partial charge on any atom is -0.353 e. The van der Waals surface area contributed by atoms with Gasteiger partial charge in [-0.1, -0.05) is 12.1 Å². The third kappa shape index (κ3) is 4.44. The van der Waals surface area contributed by atoms with E-state index in [1.54, 1.807) is 30.6 Å². The van der Waals surface area contributed by atoms with Gasteiger partial charge in [-0.25, -0.2) is 15.0 Å². The first-order chi connectivity index (χ1) is 17.5. The second-order valence-corrected chi connectivity index (χ2v) is 9.10. The summed E-state index contributed by atoms with van der Waals surface area (Å²) in [5.74, 6) is 2.14. The summed E-state index contributed by atoms with van der Waals surface area (Å²) in [5.41, 5.74) is 1.81. The molecule has 2 N–H and O–H groups in total. The number of halogens is 3. The maximum atomic E-state index is 13.5. The van der Waals surface area contributed by atoms with Crippen LogP contribution in [0.5, 0.6) is 0 Å². The van der Waals surface area contributed by atoms with Crippen LogP contribution in [0.1, 0.15) is 29.9 Å². The molecule has 3 aromatic heterocycles. The molecular weight excluding hydrogens is 467 g/mol. The van der Waals surface area contributed by atoms with E-state index in [1.807, 2.05) is 6.20 Å². The number of aromatic nitrogens is 4. The summed E-state index contributed by atoms with van der Waals surface area (Å²) >= 11 is 0. The highest BCUT2D eigenvalue weighted by atomic mass is 19.4. The van der Waals surface area contributed by atoms with Gasteiger partial charge in [0.15, 0.2) is 5.82 Å². The number of anilines is 3. The van der Waals surface area contributed by atoms with Crippen molar-refractivity contribution in [1.29, 1.82) is 0 Å². The van der Waals surface area contributed by atoms with Gasteiger partial charge in [-0.3, -0.25) is 4.98 Å². The van der Waals surface area contributed by atoms with Gasteiger partial charge in [-0.2, -0.15) is 13.2 Å². The molecule has 2 fully saturated rings. The first-order valence-corrected chi connectivity index (χ1v) is 12.0. The summed E-state index contributed by atoms with van der Waals surface area (Å²) in [6.07, 6.45) is 3.04. The van der Waals surface area contributed by atoms with Crippen LogP contribution in [0, 0.1) is 0 Å². The summed E-state index contributed by atoms with van der Waals surface area (Å²) < 4.78 is 40.4. The molecule has 36 heavy (non-hydrogen) atoms. The van der Waals surface area contributed by atoms with Gasteiger partial charge in [-0.05, 0) is 48.6 Å². The number of para-hydroxylation sites is 1. The lowest BCUT2D eigenvalue weighted by Crippen LogP contribution is -2.44. The average Bonchev–Trinajstić information content (AvgIpc) is 3.74. The Bertz CT molecular complexity index is 1410. The average molecular weight is 492 g/mol. The van der Waals surface area contributed by atoms with Gasteiger partial charge in [-0.15, -0.1) is 0 Å². The summed E-state index contributed by atoms with van der Waals surface area (Å²) in [4.78, 5) is 20.8. The number of piperazine rings is 1. The van der Waals surface area contributed by atoms with Crippen molar-refractivity contribution < 1.29 is 13.2 Å². The molecule has 0 atom stereocenters. The first-order valence-electron chi connectivity index (χ1n) is 12.0. The second-order valence-electron chi connectivity index (χ2n) is 9.10. The van der Waals surface area contributed by atoms with E-state index in [1.165, 1.54) is 17.7 Å². The number of rotatable bonds is 5. The van der Waals surface area contributed by atoms with Crippen LogP contribution in [-0.4, -0.2) is 46.1 Å². The number of nitrogens with one attached hydrogen (secondary N) is 2. The van der Waals surface area contributed by atoms with Crippen LogP contribution in [0.25, 0.3) is 22.3 Å². The fraction of sp³-hybridized carbons (Fsp3) is 0.308. The van der Waals surface area contributed by atoms with Gasteiger partial charge in [0, 0.05) is 49.5 Å². The van der Waals surface area contributed by atoms with Crippen LogP contribution >= 0.6 is 0 Å². The Morgan fingerprint density at radius 2 is 1.81 bits per heavy atom. The van der Waals surface area contributed by atoms with Crippen LogP contribution in [-0.2, 0) is 6.18 Å². The minimum atomic E-state index is -4.48. The number of hydrogen-bond acceptors (Lipinski definition) is 7. The zero-order valence-electron chi connectivity index (χ0n) is 19.4. The zero-order valence-corrected chi connectivity index (χ0v) is 19.4. The molecule has 1 aromatic carbocycles. The van der Waals surface area contributed by atoms with Crippen LogP contribution in [0.4, 0.5) is 30.5 Å². The van der Waals surface area contributed by atoms with Crippen LogP contribution in [0.15, 0.2) is 55.0 Å². The fourth-order valence-electron chi connectivity index (χ4n) is 4.64. The van der Waals surface area contributed by atoms with E-state index in [9.17, 15) is 13.2 Å². The number of benzene rings is 1. The lowest BCUT2D eigenvalue weighted by molar-refractivity contribution is -0.136. The molecule has 7 nitrogen and oxygen atoms in total. The summed E-state index contributed by atoms with van der Waals surface area (Å²) in [6.45, 7) is 3.39. The first kappa shape index (κ1) is 22.7. The van der Waals surface area contributed by atoms with Crippen LogP contribution < -0.4 is 15.5 Å². The van der Waals surface area contributed by atoms with E-state index >= 15 is 0 Å². The Balaban J connectivity index is 1.42. The lowest BCUT2D eigenvalue weighted by Gasteiger charge is -2.30. The number of fused-ring (bicyclic) bond motifs is 1. The number of alkyl halides is 3. The Hall–Kier alpha value is -3.79. The third-order valence-electron chi connectivity index (χ3n) is 6.56. The molecule has 6 rings (SSSR count). The van der Waals surface area contributed by atoms with E-state index in [-0.39, 0.29) is 11.5 Å². The summed E-state index contributed by atoms with van der Waals surface area (Å²) in [6, 6.07) is 8.79. The molecule has 0 unspecified atom stereocenters. The van der Waals surface area contributed by atoms with Gasteiger partial charge in [0.1, 0.15) is 11.6 Å². The molecule has 4 aromatic rings. The van der Waals surface area contributed by atoms with Crippen molar-refractivity contribution in [3.05, 3.63) is 66.1 Å². The Morgan fingerprint density at radius 1 is 1.00 bits per heavy atom. The Kier molecular flexibility index (Phi) is 5.67. The maximum Gasteiger partial charge on any atom is 0.418 e. The predicted molar refractivity (Wildman–Crippen MR) is 132 cm³/mol. The van der Waals surface area contributed by atoms with E-state index in [4.69, 9.17) is 9.97 Å². The van der Waals surface area contributed by atoms with Crippen molar-refractivity contribution in [3.8, 4) is 11.4 Å². The molecule has 184 valence electrons. The van der Waals surface area contributed by atoms with Crippen molar-refractivity contribution in [2.45, 2.75) is 24.9 Å². The summed E-state index contributed by atoms with van der Waals surface area (Å²) in [5, 5.41) is 7.25. The summed E-state index contributed by atoms with van der Waals surface area (Å²) in [7, 11) is 0. The molecule has 10 heteroatoms. The number of pyridine rings is 2. The molecule has 2 aliphatic rings. The van der Waals surface area contributed by atoms with Crippen molar-refractivity contribution in [2.75, 3.05) is 36.4 Å². The predicted octanol–water partition coefficient (Wildman–Crippen LogP) is 5.14. The highest BCUT2D eigenvalue weighted by Crippen LogP contribution is 2.45. The second kappa shape index (κ2) is 9.02. The zero-order chi connectivity index (χ0) is 24.7. The van der Waals surface area contributed by atoms with E-state index < -0.39 is 11.7 Å². The van der Waals surface area contributed by atoms with Crippen LogP contribution in [0.3, 0.4) is 0 Å². The molecule has 1 saturated heterocycles. The van der Waals surface area contributed by atoms with Gasteiger partial charge >= 0.3 is 6.18 Å². The van der Waals surface area contributed by atoms with Gasteiger partial charge < -0.3 is 15.5 Å². The van der Waals surface area contributed by atoms with Crippen LogP contribution in [0.2, 0.25) is 0 Å². The monoisotopic (exact) mass is 491 g/mol. The molecular formula is C26H24F3N7. The van der Waals surface area contributed by atoms with Gasteiger partial charge in [0.05, 0.1) is 23.0 Å². The van der Waals surface area contributed by atoms with Crippen molar-refractivity contribution in [1.82, 2.24) is 25.3 Å². The Labute approximate surface area is 205 Å². The Morgan fingerprint density at radius 3 is 2.58 bits per heavy atom. The third-order valence-corrected chi connectivity index (χ3v) is 6.56. The highest BCUT2D eigenvalue weighted by Gasteiger charge is 2.33. The number of nitrogens with zero attached hydrogens (tertiary/aromatic N) is 5. The molecule has 0 spiro atoms. The lowest BCUT2D eigenvalue weighted by atomic mass is 10.1. The largest absolute Gasteiger partial charge is 0.418 e. The normalized spacial score (nSPS) is 16.4. The van der Waals surface area contributed by atoms with Gasteiger partial charge in [0.25, 0.3) is 0 Å². The molecule has 1 aliphatic carbocycles. The van der Waals surface area contributed by atoms with Crippen molar-refractivity contribution in [3.63, 3.8) is 0 Å². The standard InChI is InChI=1S/C26H24F3N7/c27-26(28,29)19-3-1-2-4-20(19)33-22-13-17(7-8-32-22)24-34-21-15-31-14-18(16-5-6-16)23(21)25(35-24)36-11-9-30-10-12-36/h1-4,7-8,13-16,30H,5-6,9-12H2,(H,32,33). The molecule has 1 aliphatic heterocycles. The molecule has 1 saturated carbocycles. The minimum absolute atomic E-state index is 0.0612. The van der Waals surface area contributed by atoms with Crippen molar-refractivity contribution in [2.24, 2.45) is 0 Å². The fourth-order valence-corrected chi connectivity index (χ4v) is 4.64. The molecule has 0 bridgehead atoms. The van der Waals surface area contributed by atoms with E-state index in [0.29, 0.717) is 17.3 Å². The quantitative estimate of drug-likeness (QED) is 0.400.